The van der Waals surface area contributed by atoms with Gasteiger partial charge in [0.2, 0.25) is 0 Å². The van der Waals surface area contributed by atoms with Crippen molar-refractivity contribution in [2.45, 2.75) is 26.3 Å². The zero-order valence-corrected chi connectivity index (χ0v) is 13.4. The maximum Gasteiger partial charge on any atom is 0.270 e. The number of amides is 1. The van der Waals surface area contributed by atoms with Crippen LogP contribution in [0.2, 0.25) is 5.02 Å². The van der Waals surface area contributed by atoms with Crippen LogP contribution in [0.25, 0.3) is 0 Å². The van der Waals surface area contributed by atoms with Crippen LogP contribution in [0, 0.1) is 0 Å². The maximum atomic E-state index is 12.1. The van der Waals surface area contributed by atoms with Crippen LogP contribution < -0.4 is 10.6 Å². The van der Waals surface area contributed by atoms with Gasteiger partial charge in [0.05, 0.1) is 0 Å². The van der Waals surface area contributed by atoms with Crippen molar-refractivity contribution in [3.8, 4) is 0 Å². The van der Waals surface area contributed by atoms with E-state index >= 15 is 0 Å². The molecule has 22 heavy (non-hydrogen) atoms. The molecule has 0 aliphatic rings. The Labute approximate surface area is 135 Å². The van der Waals surface area contributed by atoms with Crippen LogP contribution >= 0.6 is 11.6 Å². The molecular formula is C16H19ClN4O. The van der Waals surface area contributed by atoms with Gasteiger partial charge in [-0.15, -0.1) is 0 Å². The first-order valence-electron chi connectivity index (χ1n) is 7.16. The summed E-state index contributed by atoms with van der Waals surface area (Å²) in [6.07, 6.45) is 2.13. The minimum Gasteiger partial charge on any atom is -0.368 e. The molecule has 0 fully saturated rings. The Morgan fingerprint density at radius 1 is 1.23 bits per heavy atom. The summed E-state index contributed by atoms with van der Waals surface area (Å²) in [5, 5.41) is 6.70. The van der Waals surface area contributed by atoms with Crippen molar-refractivity contribution in [3.63, 3.8) is 0 Å². The number of hydrogen-bond acceptors (Lipinski definition) is 4. The highest BCUT2D eigenvalue weighted by Crippen LogP contribution is 2.10. The highest BCUT2D eigenvalue weighted by atomic mass is 35.5. The summed E-state index contributed by atoms with van der Waals surface area (Å²) < 4.78 is 0. The Kier molecular flexibility index (Phi) is 5.72. The Morgan fingerprint density at radius 2 is 1.95 bits per heavy atom. The smallest absolute Gasteiger partial charge is 0.270 e. The van der Waals surface area contributed by atoms with Crippen LogP contribution in [0.15, 0.2) is 36.7 Å². The zero-order valence-electron chi connectivity index (χ0n) is 12.6. The first-order valence-corrected chi connectivity index (χ1v) is 7.53. The van der Waals surface area contributed by atoms with Crippen LogP contribution in [0.5, 0.6) is 0 Å². The van der Waals surface area contributed by atoms with Gasteiger partial charge in [0, 0.05) is 23.7 Å². The van der Waals surface area contributed by atoms with E-state index in [9.17, 15) is 4.79 Å². The van der Waals surface area contributed by atoms with Gasteiger partial charge in [0.1, 0.15) is 17.8 Å². The second-order valence-electron chi connectivity index (χ2n) is 5.22. The molecule has 1 aromatic heterocycles. The number of anilines is 1. The van der Waals surface area contributed by atoms with Gasteiger partial charge in [0.15, 0.2) is 0 Å². The Hall–Kier alpha value is -2.14. The Balaban J connectivity index is 1.88. The molecular weight excluding hydrogens is 300 g/mol. The molecule has 5 nitrogen and oxygen atoms in total. The number of rotatable bonds is 6. The molecule has 0 saturated carbocycles. The number of carbonyl (C=O) groups is 1. The van der Waals surface area contributed by atoms with Crippen molar-refractivity contribution < 1.29 is 4.79 Å². The molecule has 0 spiro atoms. The fourth-order valence-corrected chi connectivity index (χ4v) is 2.04. The minimum absolute atomic E-state index is 0.205. The lowest BCUT2D eigenvalue weighted by Gasteiger charge is -2.10. The highest BCUT2D eigenvalue weighted by molar-refractivity contribution is 6.30. The highest BCUT2D eigenvalue weighted by Gasteiger charge is 2.08. The SMILES string of the molecule is CC(C)Nc1cc(C(=O)NCCc2ccc(Cl)cc2)ncn1. The van der Waals surface area contributed by atoms with Gasteiger partial charge >= 0.3 is 0 Å². The van der Waals surface area contributed by atoms with Crippen LogP contribution in [0.4, 0.5) is 5.82 Å². The van der Waals surface area contributed by atoms with Crippen molar-refractivity contribution in [1.82, 2.24) is 15.3 Å². The fraction of sp³-hybridized carbons (Fsp3) is 0.312. The molecule has 116 valence electrons. The molecule has 2 rings (SSSR count). The van der Waals surface area contributed by atoms with Crippen molar-refractivity contribution in [3.05, 3.63) is 52.9 Å². The predicted octanol–water partition coefficient (Wildman–Crippen LogP) is 2.92. The van der Waals surface area contributed by atoms with Gasteiger partial charge in [-0.25, -0.2) is 9.97 Å². The summed E-state index contributed by atoms with van der Waals surface area (Å²) in [6.45, 7) is 4.55. The molecule has 2 N–H and O–H groups in total. The number of hydrogen-bond donors (Lipinski definition) is 2. The average Bonchev–Trinajstić information content (AvgIpc) is 2.49. The van der Waals surface area contributed by atoms with E-state index < -0.39 is 0 Å². The summed E-state index contributed by atoms with van der Waals surface area (Å²) in [5.74, 6) is 0.441. The molecule has 0 aliphatic carbocycles. The van der Waals surface area contributed by atoms with Crippen molar-refractivity contribution in [2.24, 2.45) is 0 Å². The maximum absolute atomic E-state index is 12.1. The fourth-order valence-electron chi connectivity index (χ4n) is 1.92. The lowest BCUT2D eigenvalue weighted by atomic mass is 10.1. The summed E-state index contributed by atoms with van der Waals surface area (Å²) in [4.78, 5) is 20.2. The van der Waals surface area contributed by atoms with Gasteiger partial charge in [0.25, 0.3) is 5.91 Å². The zero-order chi connectivity index (χ0) is 15.9. The second kappa shape index (κ2) is 7.75. The number of carbonyl (C=O) groups excluding carboxylic acids is 1. The topological polar surface area (TPSA) is 66.9 Å². The molecule has 0 radical (unpaired) electrons. The first kappa shape index (κ1) is 16.2. The summed E-state index contributed by atoms with van der Waals surface area (Å²) in [5.41, 5.74) is 1.48. The number of nitrogens with one attached hydrogen (secondary N) is 2. The molecule has 0 saturated heterocycles. The van der Waals surface area contributed by atoms with Gasteiger partial charge < -0.3 is 10.6 Å². The lowest BCUT2D eigenvalue weighted by molar-refractivity contribution is 0.0949. The molecule has 2 aromatic rings. The third-order valence-corrected chi connectivity index (χ3v) is 3.20. The van der Waals surface area contributed by atoms with E-state index in [1.807, 2.05) is 38.1 Å². The monoisotopic (exact) mass is 318 g/mol. The van der Waals surface area contributed by atoms with E-state index in [0.717, 1.165) is 12.0 Å². The molecule has 1 aromatic carbocycles. The van der Waals surface area contributed by atoms with E-state index in [0.29, 0.717) is 23.1 Å². The Bertz CT molecular complexity index is 628. The van der Waals surface area contributed by atoms with Gasteiger partial charge in [-0.2, -0.15) is 0 Å². The van der Waals surface area contributed by atoms with Crippen molar-refractivity contribution in [1.29, 1.82) is 0 Å². The second-order valence-corrected chi connectivity index (χ2v) is 5.66. The third-order valence-electron chi connectivity index (χ3n) is 2.95. The number of benzene rings is 1. The van der Waals surface area contributed by atoms with Gasteiger partial charge in [-0.3, -0.25) is 4.79 Å². The van der Waals surface area contributed by atoms with E-state index in [4.69, 9.17) is 11.6 Å². The standard InChI is InChI=1S/C16H19ClN4O/c1-11(2)21-15-9-14(19-10-20-15)16(22)18-8-7-12-3-5-13(17)6-4-12/h3-6,9-11H,7-8H2,1-2H3,(H,18,22)(H,19,20,21). The van der Waals surface area contributed by atoms with Crippen LogP contribution in [0.1, 0.15) is 29.9 Å². The minimum atomic E-state index is -0.205. The number of aromatic nitrogens is 2. The van der Waals surface area contributed by atoms with Crippen LogP contribution in [-0.4, -0.2) is 28.5 Å². The summed E-state index contributed by atoms with van der Waals surface area (Å²) in [6, 6.07) is 9.47. The number of nitrogens with zero attached hydrogens (tertiary/aromatic N) is 2. The molecule has 6 heteroatoms. The molecule has 0 aliphatic heterocycles. The number of halogens is 1. The molecule has 1 heterocycles. The van der Waals surface area contributed by atoms with Crippen LogP contribution in [0.3, 0.4) is 0 Å². The molecule has 0 bridgehead atoms. The summed E-state index contributed by atoms with van der Waals surface area (Å²) in [7, 11) is 0. The van der Waals surface area contributed by atoms with Crippen LogP contribution in [-0.2, 0) is 6.42 Å². The van der Waals surface area contributed by atoms with Gasteiger partial charge in [-0.1, -0.05) is 23.7 Å². The molecule has 0 atom stereocenters. The van der Waals surface area contributed by atoms with E-state index in [1.165, 1.54) is 6.33 Å². The quantitative estimate of drug-likeness (QED) is 0.859. The van der Waals surface area contributed by atoms with E-state index in [-0.39, 0.29) is 11.9 Å². The Morgan fingerprint density at radius 3 is 2.64 bits per heavy atom. The lowest BCUT2D eigenvalue weighted by Crippen LogP contribution is -2.27. The molecule has 0 unspecified atom stereocenters. The predicted molar refractivity (Wildman–Crippen MR) is 88.3 cm³/mol. The van der Waals surface area contributed by atoms with E-state index in [2.05, 4.69) is 20.6 Å². The summed E-state index contributed by atoms with van der Waals surface area (Å²) >= 11 is 5.84. The largest absolute Gasteiger partial charge is 0.368 e. The average molecular weight is 319 g/mol. The molecule has 1 amide bonds. The van der Waals surface area contributed by atoms with Crippen molar-refractivity contribution >= 4 is 23.3 Å². The van der Waals surface area contributed by atoms with Gasteiger partial charge in [-0.05, 0) is 38.0 Å². The first-order chi connectivity index (χ1) is 10.5. The van der Waals surface area contributed by atoms with E-state index in [1.54, 1.807) is 6.07 Å². The van der Waals surface area contributed by atoms with Crippen molar-refractivity contribution in [2.75, 3.05) is 11.9 Å². The third kappa shape index (κ3) is 5.00. The normalized spacial score (nSPS) is 10.5.